The van der Waals surface area contributed by atoms with Gasteiger partial charge in [-0.1, -0.05) is 22.4 Å². The highest BCUT2D eigenvalue weighted by molar-refractivity contribution is 9.10. The number of fused-ring (bicyclic) bond motifs is 2. The van der Waals surface area contributed by atoms with Gasteiger partial charge in [0.25, 0.3) is 0 Å². The Labute approximate surface area is 134 Å². The predicted octanol–water partition coefficient (Wildman–Crippen LogP) is 4.71. The third kappa shape index (κ3) is 2.61. The molecule has 3 rings (SSSR count). The molecule has 1 aromatic heterocycles. The molecule has 0 unspecified atom stereocenters. The second-order valence-corrected chi connectivity index (χ2v) is 6.33. The number of halogens is 1. The van der Waals surface area contributed by atoms with E-state index in [2.05, 4.69) is 28.2 Å². The number of nitrogens with one attached hydrogen (secondary N) is 1. The highest BCUT2D eigenvalue weighted by Gasteiger charge is 2.20. The fourth-order valence-electron chi connectivity index (χ4n) is 3.18. The molecule has 112 valence electrons. The highest BCUT2D eigenvalue weighted by Crippen LogP contribution is 2.40. The first-order chi connectivity index (χ1) is 10.3. The maximum Gasteiger partial charge on any atom is 0.145 e. The lowest BCUT2D eigenvalue weighted by atomic mass is 10.0. The summed E-state index contributed by atoms with van der Waals surface area (Å²) in [6.45, 7) is 3.05. The van der Waals surface area contributed by atoms with Gasteiger partial charge in [0.1, 0.15) is 11.3 Å². The number of pyridine rings is 1. The van der Waals surface area contributed by atoms with Crippen LogP contribution in [0.15, 0.2) is 16.6 Å². The highest BCUT2D eigenvalue weighted by atomic mass is 79.9. The summed E-state index contributed by atoms with van der Waals surface area (Å²) in [5.74, 6) is 0.847. The third-order valence-electron chi connectivity index (χ3n) is 4.15. The van der Waals surface area contributed by atoms with Gasteiger partial charge in [-0.05, 0) is 50.3 Å². The van der Waals surface area contributed by atoms with Crippen LogP contribution in [0.25, 0.3) is 10.9 Å². The van der Waals surface area contributed by atoms with Gasteiger partial charge in [-0.2, -0.15) is 0 Å². The summed E-state index contributed by atoms with van der Waals surface area (Å²) in [4.78, 5) is 4.96. The molecule has 0 amide bonds. The Morgan fingerprint density at radius 3 is 2.81 bits per heavy atom. The van der Waals surface area contributed by atoms with Crippen molar-refractivity contribution in [2.24, 2.45) is 0 Å². The van der Waals surface area contributed by atoms with Gasteiger partial charge in [0.05, 0.1) is 7.11 Å². The van der Waals surface area contributed by atoms with Gasteiger partial charge in [-0.25, -0.2) is 4.98 Å². The van der Waals surface area contributed by atoms with Crippen LogP contribution in [0.5, 0.6) is 5.75 Å². The van der Waals surface area contributed by atoms with Crippen molar-refractivity contribution >= 4 is 32.5 Å². The molecule has 0 saturated heterocycles. The van der Waals surface area contributed by atoms with Crippen molar-refractivity contribution in [3.8, 4) is 5.75 Å². The topological polar surface area (TPSA) is 34.2 Å². The van der Waals surface area contributed by atoms with Crippen molar-refractivity contribution in [3.63, 3.8) is 0 Å². The zero-order valence-electron chi connectivity index (χ0n) is 12.6. The lowest BCUT2D eigenvalue weighted by Crippen LogP contribution is -2.07. The lowest BCUT2D eigenvalue weighted by molar-refractivity contribution is 0.418. The molecule has 4 heteroatoms. The number of rotatable bonds is 3. The van der Waals surface area contributed by atoms with Crippen molar-refractivity contribution in [2.75, 3.05) is 19.0 Å². The largest absolute Gasteiger partial charge is 0.494 e. The van der Waals surface area contributed by atoms with Crippen LogP contribution >= 0.6 is 15.9 Å². The smallest absolute Gasteiger partial charge is 0.145 e. The Balaban J connectivity index is 2.36. The first-order valence-electron chi connectivity index (χ1n) is 7.68. The molecule has 1 heterocycles. The average Bonchev–Trinajstić information content (AvgIpc) is 2.73. The normalized spacial score (nSPS) is 14.6. The van der Waals surface area contributed by atoms with Gasteiger partial charge in [0.15, 0.2) is 0 Å². The summed E-state index contributed by atoms with van der Waals surface area (Å²) in [5.41, 5.74) is 4.84. The van der Waals surface area contributed by atoms with E-state index in [1.165, 1.54) is 36.2 Å². The van der Waals surface area contributed by atoms with Gasteiger partial charge in [0.2, 0.25) is 0 Å². The van der Waals surface area contributed by atoms with Crippen LogP contribution < -0.4 is 10.1 Å². The Kier molecular flexibility index (Phi) is 4.34. The second kappa shape index (κ2) is 6.22. The van der Waals surface area contributed by atoms with Crippen LogP contribution in [0.4, 0.5) is 5.69 Å². The van der Waals surface area contributed by atoms with Gasteiger partial charge in [-0.15, -0.1) is 0 Å². The second-order valence-electron chi connectivity index (χ2n) is 5.48. The van der Waals surface area contributed by atoms with E-state index in [1.54, 1.807) is 7.11 Å². The Bertz CT molecular complexity index is 670. The van der Waals surface area contributed by atoms with Crippen LogP contribution in [0.2, 0.25) is 0 Å². The number of hydrogen-bond acceptors (Lipinski definition) is 3. The molecule has 21 heavy (non-hydrogen) atoms. The summed E-state index contributed by atoms with van der Waals surface area (Å²) in [6.07, 6.45) is 5.95. The van der Waals surface area contributed by atoms with Crippen LogP contribution in [0, 0.1) is 0 Å². The first kappa shape index (κ1) is 14.6. The van der Waals surface area contributed by atoms with E-state index < -0.39 is 0 Å². The average molecular weight is 349 g/mol. The molecular formula is C17H21BrN2O. The number of benzene rings is 1. The van der Waals surface area contributed by atoms with Gasteiger partial charge >= 0.3 is 0 Å². The first-order valence-corrected chi connectivity index (χ1v) is 8.47. The summed E-state index contributed by atoms with van der Waals surface area (Å²) in [6, 6.07) is 4.03. The molecular weight excluding hydrogens is 328 g/mol. The van der Waals surface area contributed by atoms with Crippen molar-refractivity contribution in [1.29, 1.82) is 0 Å². The minimum absolute atomic E-state index is 0.847. The Morgan fingerprint density at radius 1 is 1.24 bits per heavy atom. The summed E-state index contributed by atoms with van der Waals surface area (Å²) in [5, 5.41) is 4.72. The minimum atomic E-state index is 0.847. The van der Waals surface area contributed by atoms with Crippen molar-refractivity contribution in [2.45, 2.75) is 39.0 Å². The van der Waals surface area contributed by atoms with Gasteiger partial charge in [0, 0.05) is 27.8 Å². The monoisotopic (exact) mass is 348 g/mol. The van der Waals surface area contributed by atoms with Gasteiger partial charge < -0.3 is 10.1 Å². The molecule has 0 bridgehead atoms. The summed E-state index contributed by atoms with van der Waals surface area (Å²) >= 11 is 3.69. The molecule has 0 fully saturated rings. The fraction of sp³-hybridized carbons (Fsp3) is 0.471. The van der Waals surface area contributed by atoms with Crippen LogP contribution in [0.3, 0.4) is 0 Å². The molecule has 0 aliphatic heterocycles. The zero-order valence-corrected chi connectivity index (χ0v) is 14.2. The number of ether oxygens (including phenoxy) is 1. The van der Waals surface area contributed by atoms with Crippen molar-refractivity contribution in [1.82, 2.24) is 4.98 Å². The van der Waals surface area contributed by atoms with Crippen LogP contribution in [-0.4, -0.2) is 18.6 Å². The quantitative estimate of drug-likeness (QED) is 0.815. The Morgan fingerprint density at radius 2 is 2.05 bits per heavy atom. The number of nitrogens with zero attached hydrogens (tertiary/aromatic N) is 1. The van der Waals surface area contributed by atoms with E-state index in [0.29, 0.717) is 0 Å². The fourth-order valence-corrected chi connectivity index (χ4v) is 3.70. The van der Waals surface area contributed by atoms with Crippen LogP contribution in [0.1, 0.15) is 37.4 Å². The van der Waals surface area contributed by atoms with Crippen molar-refractivity contribution in [3.05, 3.63) is 27.9 Å². The van der Waals surface area contributed by atoms with E-state index >= 15 is 0 Å². The standard InChI is InChI=1S/C17H21BrN2O/c1-3-19-16-11-7-5-4-6-8-13(11)20-17-14(21-2)10-9-12(18)15(16)17/h9-10H,3-8H2,1-2H3,(H,19,20). The maximum absolute atomic E-state index is 5.53. The van der Waals surface area contributed by atoms with Crippen molar-refractivity contribution < 1.29 is 4.74 Å². The van der Waals surface area contributed by atoms with Gasteiger partial charge in [-0.3, -0.25) is 0 Å². The van der Waals surface area contributed by atoms with E-state index in [1.807, 2.05) is 12.1 Å². The third-order valence-corrected chi connectivity index (χ3v) is 4.81. The Hall–Kier alpha value is -1.29. The molecule has 0 atom stereocenters. The molecule has 1 N–H and O–H groups in total. The molecule has 1 aliphatic carbocycles. The lowest BCUT2D eigenvalue weighted by Gasteiger charge is -2.18. The number of aromatic nitrogens is 1. The number of anilines is 1. The predicted molar refractivity (Wildman–Crippen MR) is 91.4 cm³/mol. The number of hydrogen-bond donors (Lipinski definition) is 1. The SMILES string of the molecule is CCNc1c2c(nc3c(OC)ccc(Br)c13)CCCCC2. The molecule has 0 radical (unpaired) electrons. The molecule has 1 aliphatic rings. The molecule has 1 aromatic carbocycles. The number of aryl methyl sites for hydroxylation is 1. The minimum Gasteiger partial charge on any atom is -0.494 e. The van der Waals surface area contributed by atoms with E-state index in [0.717, 1.165) is 40.5 Å². The van der Waals surface area contributed by atoms with Crippen LogP contribution in [-0.2, 0) is 12.8 Å². The number of methoxy groups -OCH3 is 1. The van der Waals surface area contributed by atoms with E-state index in [-0.39, 0.29) is 0 Å². The zero-order chi connectivity index (χ0) is 14.8. The van der Waals surface area contributed by atoms with E-state index in [9.17, 15) is 0 Å². The summed E-state index contributed by atoms with van der Waals surface area (Å²) < 4.78 is 6.60. The molecule has 3 nitrogen and oxygen atoms in total. The summed E-state index contributed by atoms with van der Waals surface area (Å²) in [7, 11) is 1.71. The molecule has 0 spiro atoms. The van der Waals surface area contributed by atoms with E-state index in [4.69, 9.17) is 9.72 Å². The molecule has 2 aromatic rings. The molecule has 0 saturated carbocycles. The maximum atomic E-state index is 5.53.